The van der Waals surface area contributed by atoms with Gasteiger partial charge in [-0.15, -0.1) is 0 Å². The minimum atomic E-state index is 0.596. The van der Waals surface area contributed by atoms with Gasteiger partial charge in [-0.3, -0.25) is 4.98 Å². The highest BCUT2D eigenvalue weighted by Crippen LogP contribution is 2.17. The standard InChI is InChI=1S/C10H15N.C2H6/c1-4-9-5-6-11-7-10(9)8(2)3;1-2/h5-8H,4H2,1-3H3;1-2H3. The predicted octanol–water partition coefficient (Wildman–Crippen LogP) is 3.79. The molecule has 0 aliphatic heterocycles. The number of pyridine rings is 1. The third-order valence-electron chi connectivity index (χ3n) is 1.95. The third-order valence-corrected chi connectivity index (χ3v) is 1.95. The maximum atomic E-state index is 4.11. The first-order valence-electron chi connectivity index (χ1n) is 5.18. The number of rotatable bonds is 2. The molecule has 1 aromatic heterocycles. The quantitative estimate of drug-likeness (QED) is 0.673. The Morgan fingerprint density at radius 2 is 1.92 bits per heavy atom. The molecular weight excluding hydrogens is 158 g/mol. The summed E-state index contributed by atoms with van der Waals surface area (Å²) < 4.78 is 0. The molecule has 0 saturated carbocycles. The fourth-order valence-corrected chi connectivity index (χ4v) is 1.28. The molecule has 0 aromatic carbocycles. The normalized spacial score (nSPS) is 9.38. The summed E-state index contributed by atoms with van der Waals surface area (Å²) in [6.07, 6.45) is 4.95. The van der Waals surface area contributed by atoms with Crippen molar-refractivity contribution in [3.8, 4) is 0 Å². The van der Waals surface area contributed by atoms with Crippen LogP contribution >= 0.6 is 0 Å². The smallest absolute Gasteiger partial charge is 0.0305 e. The van der Waals surface area contributed by atoms with Crippen LogP contribution in [0.15, 0.2) is 18.5 Å². The van der Waals surface area contributed by atoms with Gasteiger partial charge in [-0.25, -0.2) is 0 Å². The van der Waals surface area contributed by atoms with E-state index < -0.39 is 0 Å². The fourth-order valence-electron chi connectivity index (χ4n) is 1.28. The van der Waals surface area contributed by atoms with Crippen LogP contribution < -0.4 is 0 Å². The molecule has 1 heteroatoms. The minimum absolute atomic E-state index is 0.596. The maximum absolute atomic E-state index is 4.11. The summed E-state index contributed by atoms with van der Waals surface area (Å²) in [5.74, 6) is 0.596. The van der Waals surface area contributed by atoms with E-state index in [9.17, 15) is 0 Å². The van der Waals surface area contributed by atoms with Gasteiger partial charge in [-0.1, -0.05) is 34.6 Å². The molecule has 0 bridgehead atoms. The molecule has 0 amide bonds. The monoisotopic (exact) mass is 179 g/mol. The van der Waals surface area contributed by atoms with Crippen molar-refractivity contribution in [2.24, 2.45) is 0 Å². The number of hydrogen-bond donors (Lipinski definition) is 0. The summed E-state index contributed by atoms with van der Waals surface area (Å²) in [6.45, 7) is 10.6. The molecule has 0 atom stereocenters. The van der Waals surface area contributed by atoms with Gasteiger partial charge in [0.2, 0.25) is 0 Å². The number of aromatic nitrogens is 1. The Bertz CT molecular complexity index is 228. The van der Waals surface area contributed by atoms with Crippen molar-refractivity contribution in [1.29, 1.82) is 0 Å². The lowest BCUT2D eigenvalue weighted by molar-refractivity contribution is 0.835. The van der Waals surface area contributed by atoms with E-state index >= 15 is 0 Å². The maximum Gasteiger partial charge on any atom is 0.0305 e. The highest BCUT2D eigenvalue weighted by atomic mass is 14.6. The van der Waals surface area contributed by atoms with Crippen LogP contribution in [0.2, 0.25) is 0 Å². The van der Waals surface area contributed by atoms with E-state index in [0.717, 1.165) is 6.42 Å². The largest absolute Gasteiger partial charge is 0.264 e. The molecule has 0 fully saturated rings. The first kappa shape index (κ1) is 12.2. The van der Waals surface area contributed by atoms with Gasteiger partial charge in [0.15, 0.2) is 0 Å². The first-order valence-corrected chi connectivity index (χ1v) is 5.18. The molecular formula is C12H21N. The lowest BCUT2D eigenvalue weighted by atomic mass is 9.98. The van der Waals surface area contributed by atoms with Crippen molar-refractivity contribution in [2.75, 3.05) is 0 Å². The molecule has 0 unspecified atom stereocenters. The minimum Gasteiger partial charge on any atom is -0.264 e. The molecule has 1 heterocycles. The zero-order valence-corrected chi connectivity index (χ0v) is 9.46. The van der Waals surface area contributed by atoms with E-state index in [1.807, 2.05) is 26.2 Å². The fraction of sp³-hybridized carbons (Fsp3) is 0.583. The highest BCUT2D eigenvalue weighted by molar-refractivity contribution is 5.25. The van der Waals surface area contributed by atoms with Gasteiger partial charge in [0.1, 0.15) is 0 Å². The zero-order chi connectivity index (χ0) is 10.3. The molecule has 1 rings (SSSR count). The van der Waals surface area contributed by atoms with Crippen molar-refractivity contribution >= 4 is 0 Å². The summed E-state index contributed by atoms with van der Waals surface area (Å²) in [5.41, 5.74) is 2.81. The van der Waals surface area contributed by atoms with Crippen molar-refractivity contribution < 1.29 is 0 Å². The first-order chi connectivity index (χ1) is 6.25. The van der Waals surface area contributed by atoms with E-state index in [1.165, 1.54) is 11.1 Å². The van der Waals surface area contributed by atoms with Crippen LogP contribution in [0.4, 0.5) is 0 Å². The Kier molecular flexibility index (Phi) is 6.21. The lowest BCUT2D eigenvalue weighted by Crippen LogP contribution is -1.95. The van der Waals surface area contributed by atoms with Crippen molar-refractivity contribution in [3.05, 3.63) is 29.6 Å². The Hall–Kier alpha value is -0.850. The molecule has 74 valence electrons. The molecule has 0 spiro atoms. The second-order valence-corrected chi connectivity index (χ2v) is 3.08. The van der Waals surface area contributed by atoms with Crippen LogP contribution in [-0.2, 0) is 6.42 Å². The van der Waals surface area contributed by atoms with Gasteiger partial charge in [0.25, 0.3) is 0 Å². The third kappa shape index (κ3) is 3.58. The number of hydrogen-bond acceptors (Lipinski definition) is 1. The van der Waals surface area contributed by atoms with Gasteiger partial charge in [0.05, 0.1) is 0 Å². The van der Waals surface area contributed by atoms with Crippen LogP contribution in [-0.4, -0.2) is 4.98 Å². The molecule has 0 radical (unpaired) electrons. The molecule has 1 nitrogen and oxygen atoms in total. The van der Waals surface area contributed by atoms with E-state index in [0.29, 0.717) is 5.92 Å². The molecule has 13 heavy (non-hydrogen) atoms. The summed E-state index contributed by atoms with van der Waals surface area (Å²) in [6, 6.07) is 2.11. The van der Waals surface area contributed by atoms with Gasteiger partial charge in [-0.2, -0.15) is 0 Å². The van der Waals surface area contributed by atoms with E-state index in [2.05, 4.69) is 31.8 Å². The van der Waals surface area contributed by atoms with Crippen LogP contribution in [0.5, 0.6) is 0 Å². The lowest BCUT2D eigenvalue weighted by Gasteiger charge is -2.09. The van der Waals surface area contributed by atoms with Crippen LogP contribution in [0.3, 0.4) is 0 Å². The second-order valence-electron chi connectivity index (χ2n) is 3.08. The highest BCUT2D eigenvalue weighted by Gasteiger charge is 2.03. The predicted molar refractivity (Wildman–Crippen MR) is 59.1 cm³/mol. The molecule has 1 aromatic rings. The van der Waals surface area contributed by atoms with E-state index in [-0.39, 0.29) is 0 Å². The van der Waals surface area contributed by atoms with Crippen molar-refractivity contribution in [1.82, 2.24) is 4.98 Å². The topological polar surface area (TPSA) is 12.9 Å². The summed E-state index contributed by atoms with van der Waals surface area (Å²) >= 11 is 0. The summed E-state index contributed by atoms with van der Waals surface area (Å²) in [5, 5.41) is 0. The molecule has 0 aliphatic rings. The Morgan fingerprint density at radius 1 is 1.31 bits per heavy atom. The zero-order valence-electron chi connectivity index (χ0n) is 9.46. The Morgan fingerprint density at radius 3 is 2.31 bits per heavy atom. The van der Waals surface area contributed by atoms with Crippen LogP contribution in [0, 0.1) is 0 Å². The summed E-state index contributed by atoms with van der Waals surface area (Å²) in [4.78, 5) is 4.11. The average Bonchev–Trinajstić information content (AvgIpc) is 2.20. The number of nitrogens with zero attached hydrogens (tertiary/aromatic N) is 1. The molecule has 0 aliphatic carbocycles. The summed E-state index contributed by atoms with van der Waals surface area (Å²) in [7, 11) is 0. The Balaban J connectivity index is 0.000000671. The van der Waals surface area contributed by atoms with Crippen LogP contribution in [0.25, 0.3) is 0 Å². The van der Waals surface area contributed by atoms with E-state index in [4.69, 9.17) is 0 Å². The van der Waals surface area contributed by atoms with E-state index in [1.54, 1.807) is 0 Å². The van der Waals surface area contributed by atoms with Gasteiger partial charge in [-0.05, 0) is 29.5 Å². The second kappa shape index (κ2) is 6.64. The van der Waals surface area contributed by atoms with Gasteiger partial charge in [0, 0.05) is 12.4 Å². The van der Waals surface area contributed by atoms with Crippen molar-refractivity contribution in [3.63, 3.8) is 0 Å². The van der Waals surface area contributed by atoms with Gasteiger partial charge < -0.3 is 0 Å². The Labute approximate surface area is 82.2 Å². The van der Waals surface area contributed by atoms with Crippen molar-refractivity contribution in [2.45, 2.75) is 47.0 Å². The SMILES string of the molecule is CC.CCc1ccncc1C(C)C. The van der Waals surface area contributed by atoms with Gasteiger partial charge >= 0.3 is 0 Å². The molecule has 0 N–H and O–H groups in total. The average molecular weight is 179 g/mol. The molecule has 0 saturated heterocycles. The number of aryl methyl sites for hydroxylation is 1. The van der Waals surface area contributed by atoms with Crippen LogP contribution in [0.1, 0.15) is 51.7 Å².